The molecule has 13 rings (SSSR count). The Morgan fingerprint density at radius 2 is 0.909 bits per heavy atom. The number of rotatable bonds is 5. The van der Waals surface area contributed by atoms with Crippen LogP contribution < -0.4 is 4.74 Å². The number of para-hydroxylation sites is 4. The molecule has 0 unspecified atom stereocenters. The van der Waals surface area contributed by atoms with Gasteiger partial charge in [0.05, 0.1) is 27.8 Å². The summed E-state index contributed by atoms with van der Waals surface area (Å²) >= 11 is 0. The zero-order valence-corrected chi connectivity index (χ0v) is 36.6. The molecule has 2 aromatic heterocycles. The van der Waals surface area contributed by atoms with Gasteiger partial charge in [-0.25, -0.2) is 9.97 Å². The zero-order chi connectivity index (χ0) is 44.0. The Balaban J connectivity index is 1.02. The van der Waals surface area contributed by atoms with Crippen LogP contribution in [0.3, 0.4) is 0 Å². The molecular weight excluding hydrogens is 803 g/mol. The Kier molecular flexibility index (Phi) is 8.44. The summed E-state index contributed by atoms with van der Waals surface area (Å²) in [6, 6.07) is 80.5. The molecule has 0 radical (unpaired) electrons. The lowest BCUT2D eigenvalue weighted by Gasteiger charge is -2.50. The first-order valence-corrected chi connectivity index (χ1v) is 22.7. The first-order chi connectivity index (χ1) is 32.5. The Morgan fingerprint density at radius 3 is 1.59 bits per heavy atom. The molecule has 1 aliphatic heterocycles. The predicted molar refractivity (Wildman–Crippen MR) is 269 cm³/mol. The summed E-state index contributed by atoms with van der Waals surface area (Å²) in [6.45, 7) is 4.78. The Hall–Kier alpha value is -8.34. The maximum atomic E-state index is 6.72. The van der Waals surface area contributed by atoms with Gasteiger partial charge >= 0.3 is 0 Å². The van der Waals surface area contributed by atoms with E-state index in [1.165, 1.54) is 49.6 Å². The molecule has 3 heterocycles. The smallest absolute Gasteiger partial charge is 0.160 e. The van der Waals surface area contributed by atoms with Crippen molar-refractivity contribution in [2.75, 3.05) is 0 Å². The third-order valence-electron chi connectivity index (χ3n) is 14.2. The van der Waals surface area contributed by atoms with Crippen LogP contribution in [-0.2, 0) is 10.8 Å². The van der Waals surface area contributed by atoms with Crippen LogP contribution in [0.15, 0.2) is 224 Å². The van der Waals surface area contributed by atoms with Gasteiger partial charge in [-0.05, 0) is 88.0 Å². The fourth-order valence-corrected chi connectivity index (χ4v) is 11.3. The fraction of sp³-hybridized carbons (Fsp3) is 0.0645. The van der Waals surface area contributed by atoms with Crippen molar-refractivity contribution < 1.29 is 4.74 Å². The molecule has 0 N–H and O–H groups in total. The van der Waals surface area contributed by atoms with Crippen molar-refractivity contribution in [2.45, 2.75) is 24.7 Å². The molecule has 312 valence electrons. The van der Waals surface area contributed by atoms with Crippen LogP contribution in [0.1, 0.15) is 47.2 Å². The third kappa shape index (κ3) is 5.51. The van der Waals surface area contributed by atoms with Gasteiger partial charge in [0.2, 0.25) is 0 Å². The summed E-state index contributed by atoms with van der Waals surface area (Å²) in [5.41, 5.74) is 17.0. The lowest BCUT2D eigenvalue weighted by molar-refractivity contribution is 0.425. The lowest BCUT2D eigenvalue weighted by Crippen LogP contribution is -2.43. The largest absolute Gasteiger partial charge is 0.457 e. The highest BCUT2D eigenvalue weighted by Crippen LogP contribution is 2.62. The normalized spacial score (nSPS) is 14.0. The summed E-state index contributed by atoms with van der Waals surface area (Å²) in [4.78, 5) is 10.8. The first-order valence-electron chi connectivity index (χ1n) is 22.7. The van der Waals surface area contributed by atoms with Crippen molar-refractivity contribution >= 4 is 21.8 Å². The molecule has 2 aliphatic rings. The molecule has 0 atom stereocenters. The number of fused-ring (bicyclic) bond motifs is 11. The highest BCUT2D eigenvalue weighted by Gasteiger charge is 2.53. The number of aromatic nitrogens is 3. The average Bonchev–Trinajstić information content (AvgIpc) is 3.72. The lowest BCUT2D eigenvalue weighted by atomic mass is 9.53. The van der Waals surface area contributed by atoms with Crippen LogP contribution in [0.4, 0.5) is 0 Å². The monoisotopic (exact) mass is 845 g/mol. The quantitative estimate of drug-likeness (QED) is 0.173. The van der Waals surface area contributed by atoms with Crippen LogP contribution in [-0.4, -0.2) is 14.5 Å². The second-order valence-electron chi connectivity index (χ2n) is 18.0. The zero-order valence-electron chi connectivity index (χ0n) is 36.6. The maximum Gasteiger partial charge on any atom is 0.160 e. The van der Waals surface area contributed by atoms with E-state index in [1.54, 1.807) is 0 Å². The van der Waals surface area contributed by atoms with E-state index in [2.05, 4.69) is 243 Å². The van der Waals surface area contributed by atoms with Crippen LogP contribution in [0.2, 0.25) is 0 Å². The van der Waals surface area contributed by atoms with E-state index in [4.69, 9.17) is 14.7 Å². The highest BCUT2D eigenvalue weighted by molar-refractivity contribution is 6.09. The summed E-state index contributed by atoms with van der Waals surface area (Å²) in [6.07, 6.45) is 0. The van der Waals surface area contributed by atoms with Crippen LogP contribution in [0, 0.1) is 0 Å². The number of hydrogen-bond acceptors (Lipinski definition) is 3. The van der Waals surface area contributed by atoms with Crippen molar-refractivity contribution in [1.29, 1.82) is 0 Å². The minimum atomic E-state index is -0.619. The Bertz CT molecular complexity index is 3610. The molecule has 1 spiro atoms. The standard InChI is InChI=1S/C62H43N3O/c1-61(2)48-26-10-11-27-49(48)62(50-28-12-16-33-57(50)66-58-34-17-13-29-51(58)62)52-30-18-25-47(59(52)61)43-21-6-7-22-44(43)54-39-53(40-19-4-3-5-20-40)63-60(64-54)41-35-37-42(38-36-41)65-55-31-14-8-23-45(55)46-24-9-15-32-56(46)65/h3-39H,1-2H3. The second-order valence-corrected chi connectivity index (χ2v) is 18.0. The van der Waals surface area contributed by atoms with Crippen molar-refractivity contribution in [3.8, 4) is 62.2 Å². The minimum Gasteiger partial charge on any atom is -0.457 e. The molecule has 4 heteroatoms. The van der Waals surface area contributed by atoms with Gasteiger partial charge < -0.3 is 9.30 Å². The van der Waals surface area contributed by atoms with Crippen molar-refractivity contribution in [3.05, 3.63) is 258 Å². The van der Waals surface area contributed by atoms with Gasteiger partial charge in [-0.3, -0.25) is 0 Å². The Labute approximate surface area is 384 Å². The molecule has 4 nitrogen and oxygen atoms in total. The van der Waals surface area contributed by atoms with Gasteiger partial charge in [-0.2, -0.15) is 0 Å². The summed E-state index contributed by atoms with van der Waals surface area (Å²) < 4.78 is 9.06. The van der Waals surface area contributed by atoms with Gasteiger partial charge in [0, 0.05) is 49.7 Å². The molecule has 66 heavy (non-hydrogen) atoms. The van der Waals surface area contributed by atoms with E-state index in [0.717, 1.165) is 62.0 Å². The van der Waals surface area contributed by atoms with Gasteiger partial charge in [0.25, 0.3) is 0 Å². The van der Waals surface area contributed by atoms with E-state index in [9.17, 15) is 0 Å². The van der Waals surface area contributed by atoms with E-state index in [-0.39, 0.29) is 5.41 Å². The highest BCUT2D eigenvalue weighted by atomic mass is 16.5. The van der Waals surface area contributed by atoms with Gasteiger partial charge in [-0.1, -0.05) is 184 Å². The number of nitrogens with zero attached hydrogens (tertiary/aromatic N) is 3. The maximum absolute atomic E-state index is 6.72. The van der Waals surface area contributed by atoms with Gasteiger partial charge in [0.15, 0.2) is 5.82 Å². The SMILES string of the molecule is CC1(C)c2ccccc2C2(c3ccccc3Oc3ccccc32)c2cccc(-c3ccccc3-c3cc(-c4ccccc4)nc(-c4ccc(-n5c6ccccc6c6ccccc65)cc4)n3)c21. The van der Waals surface area contributed by atoms with Crippen molar-refractivity contribution in [3.63, 3.8) is 0 Å². The summed E-state index contributed by atoms with van der Waals surface area (Å²) in [5.74, 6) is 2.44. The third-order valence-corrected chi connectivity index (χ3v) is 14.2. The van der Waals surface area contributed by atoms with Gasteiger partial charge in [0.1, 0.15) is 11.5 Å². The van der Waals surface area contributed by atoms with Gasteiger partial charge in [-0.15, -0.1) is 0 Å². The number of benzene rings is 9. The molecule has 0 amide bonds. The summed E-state index contributed by atoms with van der Waals surface area (Å²) in [5, 5.41) is 2.48. The molecule has 11 aromatic rings. The molecule has 0 fully saturated rings. The molecule has 0 saturated heterocycles. The number of ether oxygens (including phenoxy) is 1. The number of hydrogen-bond donors (Lipinski definition) is 0. The molecule has 0 bridgehead atoms. The van der Waals surface area contributed by atoms with Crippen LogP contribution >= 0.6 is 0 Å². The van der Waals surface area contributed by atoms with Crippen LogP contribution in [0.25, 0.3) is 72.5 Å². The van der Waals surface area contributed by atoms with Crippen molar-refractivity contribution in [2.24, 2.45) is 0 Å². The minimum absolute atomic E-state index is 0.368. The van der Waals surface area contributed by atoms with E-state index < -0.39 is 5.41 Å². The Morgan fingerprint density at radius 1 is 0.394 bits per heavy atom. The predicted octanol–water partition coefficient (Wildman–Crippen LogP) is 15.4. The van der Waals surface area contributed by atoms with E-state index in [1.807, 2.05) is 0 Å². The molecular formula is C62H43N3O. The molecule has 1 aliphatic carbocycles. The van der Waals surface area contributed by atoms with E-state index in [0.29, 0.717) is 5.82 Å². The average molecular weight is 846 g/mol. The van der Waals surface area contributed by atoms with E-state index >= 15 is 0 Å². The topological polar surface area (TPSA) is 39.9 Å². The van der Waals surface area contributed by atoms with Crippen LogP contribution in [0.5, 0.6) is 11.5 Å². The molecule has 9 aromatic carbocycles. The molecule has 0 saturated carbocycles. The summed E-state index contributed by atoms with van der Waals surface area (Å²) in [7, 11) is 0. The fourth-order valence-electron chi connectivity index (χ4n) is 11.3. The van der Waals surface area contributed by atoms with Crippen molar-refractivity contribution in [1.82, 2.24) is 14.5 Å². The first kappa shape index (κ1) is 38.1. The second kappa shape index (κ2) is 14.6.